The molecule has 3 aromatic carbocycles. The molecule has 3 aromatic rings. The molecule has 1 unspecified atom stereocenters. The Hall–Kier alpha value is -3.67. The van der Waals surface area contributed by atoms with Crippen molar-refractivity contribution in [1.82, 2.24) is 5.32 Å². The van der Waals surface area contributed by atoms with Crippen LogP contribution in [0.15, 0.2) is 60.7 Å². The lowest BCUT2D eigenvalue weighted by Gasteiger charge is -2.24. The Morgan fingerprint density at radius 3 is 2.15 bits per heavy atom. The lowest BCUT2D eigenvalue weighted by atomic mass is 9.97. The first-order valence-electron chi connectivity index (χ1n) is 11.4. The van der Waals surface area contributed by atoms with Crippen molar-refractivity contribution in [2.75, 3.05) is 26.4 Å². The number of hydrogen-bond acceptors (Lipinski definition) is 5. The van der Waals surface area contributed by atoms with Crippen molar-refractivity contribution in [1.29, 1.82) is 0 Å². The highest BCUT2D eigenvalue weighted by molar-refractivity contribution is 5.96. The fourth-order valence-electron chi connectivity index (χ4n) is 4.25. The van der Waals surface area contributed by atoms with Crippen molar-refractivity contribution in [3.8, 4) is 23.0 Å². The molecule has 5 rings (SSSR count). The van der Waals surface area contributed by atoms with Gasteiger partial charge in [-0.05, 0) is 53.8 Å². The molecule has 6 nitrogen and oxygen atoms in total. The van der Waals surface area contributed by atoms with Crippen molar-refractivity contribution in [3.05, 3.63) is 82.9 Å². The molecule has 0 radical (unpaired) electrons. The minimum atomic E-state index is -0.242. The Morgan fingerprint density at radius 2 is 1.45 bits per heavy atom. The summed E-state index contributed by atoms with van der Waals surface area (Å²) in [6.45, 7) is 4.09. The van der Waals surface area contributed by atoms with Gasteiger partial charge in [0.15, 0.2) is 23.0 Å². The summed E-state index contributed by atoms with van der Waals surface area (Å²) >= 11 is 0. The van der Waals surface area contributed by atoms with E-state index in [1.165, 1.54) is 0 Å². The highest BCUT2D eigenvalue weighted by Crippen LogP contribution is 2.35. The maximum absolute atomic E-state index is 13.5. The Balaban J connectivity index is 1.46. The molecular formula is C27H27NO5. The molecule has 0 aromatic heterocycles. The van der Waals surface area contributed by atoms with Crippen LogP contribution in [-0.4, -0.2) is 32.3 Å². The van der Waals surface area contributed by atoms with Gasteiger partial charge < -0.3 is 24.3 Å². The summed E-state index contributed by atoms with van der Waals surface area (Å²) in [4.78, 5) is 13.5. The number of benzene rings is 3. The molecule has 2 aliphatic rings. The molecule has 2 aliphatic heterocycles. The zero-order valence-corrected chi connectivity index (χ0v) is 18.6. The number of carbonyl (C=O) groups excluding carboxylic acids is 1. The smallest absolute Gasteiger partial charge is 0.252 e. The molecule has 6 heteroatoms. The Bertz CT molecular complexity index is 1140. The van der Waals surface area contributed by atoms with Crippen molar-refractivity contribution in [2.24, 2.45) is 0 Å². The van der Waals surface area contributed by atoms with Crippen LogP contribution < -0.4 is 24.3 Å². The first kappa shape index (κ1) is 21.2. The molecule has 0 aliphatic carbocycles. The van der Waals surface area contributed by atoms with Crippen LogP contribution in [0.1, 0.15) is 40.0 Å². The van der Waals surface area contributed by atoms with Crippen molar-refractivity contribution < 1.29 is 23.7 Å². The number of hydrogen-bond donors (Lipinski definition) is 1. The molecule has 0 fully saturated rings. The topological polar surface area (TPSA) is 66.0 Å². The minimum absolute atomic E-state index is 0.139. The van der Waals surface area contributed by atoms with Gasteiger partial charge in [-0.25, -0.2) is 0 Å². The van der Waals surface area contributed by atoms with Crippen molar-refractivity contribution >= 4 is 5.91 Å². The maximum atomic E-state index is 13.5. The second-order valence-electron chi connectivity index (χ2n) is 8.13. The average Bonchev–Trinajstić information content (AvgIpc) is 2.87. The van der Waals surface area contributed by atoms with Crippen LogP contribution in [0.25, 0.3) is 0 Å². The zero-order valence-electron chi connectivity index (χ0n) is 18.6. The van der Waals surface area contributed by atoms with E-state index < -0.39 is 0 Å². The van der Waals surface area contributed by atoms with E-state index in [-0.39, 0.29) is 11.9 Å². The normalized spacial score (nSPS) is 14.9. The van der Waals surface area contributed by atoms with Gasteiger partial charge in [-0.1, -0.05) is 43.3 Å². The van der Waals surface area contributed by atoms with Crippen LogP contribution in [-0.2, 0) is 12.8 Å². The average molecular weight is 446 g/mol. The standard InChI is InChI=1S/C27H27NO5/c1-2-19-15-25-26(33-13-12-32-25)17-21(19)27(29)28-22(14-18-6-4-3-5-7-18)20-8-9-23-24(16-20)31-11-10-30-23/h3-9,15-17,22H,2,10-14H2,1H3,(H,28,29). The van der Waals surface area contributed by atoms with Gasteiger partial charge in [-0.3, -0.25) is 4.79 Å². The molecule has 0 saturated carbocycles. The molecule has 170 valence electrons. The lowest BCUT2D eigenvalue weighted by Crippen LogP contribution is -2.31. The first-order valence-corrected chi connectivity index (χ1v) is 11.4. The fourth-order valence-corrected chi connectivity index (χ4v) is 4.25. The molecule has 1 amide bonds. The molecular weight excluding hydrogens is 418 g/mol. The van der Waals surface area contributed by atoms with Gasteiger partial charge in [0.05, 0.1) is 6.04 Å². The van der Waals surface area contributed by atoms with Crippen molar-refractivity contribution in [3.63, 3.8) is 0 Å². The summed E-state index contributed by atoms with van der Waals surface area (Å²) in [5.41, 5.74) is 3.64. The fraction of sp³-hybridized carbons (Fsp3) is 0.296. The molecule has 33 heavy (non-hydrogen) atoms. The molecule has 1 N–H and O–H groups in total. The van der Waals surface area contributed by atoms with Crippen LogP contribution >= 0.6 is 0 Å². The zero-order chi connectivity index (χ0) is 22.6. The lowest BCUT2D eigenvalue weighted by molar-refractivity contribution is 0.0934. The van der Waals surface area contributed by atoms with Crippen molar-refractivity contribution in [2.45, 2.75) is 25.8 Å². The number of nitrogens with one attached hydrogen (secondary N) is 1. The number of fused-ring (bicyclic) bond motifs is 2. The molecule has 0 spiro atoms. The van der Waals surface area contributed by atoms with Crippen LogP contribution in [0.5, 0.6) is 23.0 Å². The highest BCUT2D eigenvalue weighted by Gasteiger charge is 2.23. The summed E-state index contributed by atoms with van der Waals surface area (Å²) in [7, 11) is 0. The minimum Gasteiger partial charge on any atom is -0.486 e. The largest absolute Gasteiger partial charge is 0.486 e. The van der Waals surface area contributed by atoms with E-state index in [9.17, 15) is 4.79 Å². The van der Waals surface area contributed by atoms with Gasteiger partial charge in [0.25, 0.3) is 5.91 Å². The van der Waals surface area contributed by atoms with Gasteiger partial charge in [-0.15, -0.1) is 0 Å². The SMILES string of the molecule is CCc1cc2c(cc1C(=O)NC(Cc1ccccc1)c1ccc3c(c1)OCCO3)OCCO2. The van der Waals surface area contributed by atoms with Crippen LogP contribution in [0.3, 0.4) is 0 Å². The number of amides is 1. The second-order valence-corrected chi connectivity index (χ2v) is 8.13. The third-order valence-electron chi connectivity index (χ3n) is 5.95. The predicted molar refractivity (Wildman–Crippen MR) is 125 cm³/mol. The van der Waals surface area contributed by atoms with E-state index in [1.807, 2.05) is 49.4 Å². The van der Waals surface area contributed by atoms with E-state index in [0.29, 0.717) is 62.1 Å². The summed E-state index contributed by atoms with van der Waals surface area (Å²) in [5.74, 6) is 2.61. The Morgan fingerprint density at radius 1 is 0.818 bits per heavy atom. The first-order chi connectivity index (χ1) is 16.2. The summed E-state index contributed by atoms with van der Waals surface area (Å²) in [6, 6.07) is 19.5. The summed E-state index contributed by atoms with van der Waals surface area (Å²) < 4.78 is 22.9. The number of ether oxygens (including phenoxy) is 4. The molecule has 0 bridgehead atoms. The van der Waals surface area contributed by atoms with E-state index in [0.717, 1.165) is 22.4 Å². The van der Waals surface area contributed by atoms with E-state index in [4.69, 9.17) is 18.9 Å². The van der Waals surface area contributed by atoms with E-state index in [1.54, 1.807) is 6.07 Å². The second kappa shape index (κ2) is 9.45. The van der Waals surface area contributed by atoms with Gasteiger partial charge in [-0.2, -0.15) is 0 Å². The summed E-state index contributed by atoms with van der Waals surface area (Å²) in [6.07, 6.45) is 1.37. The third-order valence-corrected chi connectivity index (χ3v) is 5.95. The van der Waals surface area contributed by atoms with Crippen LogP contribution in [0, 0.1) is 0 Å². The molecule has 1 atom stereocenters. The van der Waals surface area contributed by atoms with Gasteiger partial charge in [0.1, 0.15) is 26.4 Å². The number of aryl methyl sites for hydroxylation is 1. The monoisotopic (exact) mass is 445 g/mol. The highest BCUT2D eigenvalue weighted by atomic mass is 16.6. The Labute approximate surface area is 193 Å². The third kappa shape index (κ3) is 4.60. The number of carbonyl (C=O) groups is 1. The molecule has 2 heterocycles. The van der Waals surface area contributed by atoms with Crippen LogP contribution in [0.2, 0.25) is 0 Å². The molecule has 0 saturated heterocycles. The van der Waals surface area contributed by atoms with E-state index in [2.05, 4.69) is 17.4 Å². The van der Waals surface area contributed by atoms with Crippen LogP contribution in [0.4, 0.5) is 0 Å². The quantitative estimate of drug-likeness (QED) is 0.605. The van der Waals surface area contributed by atoms with E-state index >= 15 is 0 Å². The number of rotatable bonds is 6. The summed E-state index contributed by atoms with van der Waals surface area (Å²) in [5, 5.41) is 3.25. The predicted octanol–water partition coefficient (Wildman–Crippen LogP) is 4.51. The van der Waals surface area contributed by atoms with Gasteiger partial charge in [0.2, 0.25) is 0 Å². The van der Waals surface area contributed by atoms with Gasteiger partial charge in [0, 0.05) is 5.56 Å². The van der Waals surface area contributed by atoms with Gasteiger partial charge >= 0.3 is 0 Å². The maximum Gasteiger partial charge on any atom is 0.252 e. The Kier molecular flexibility index (Phi) is 6.07.